The zero-order valence-corrected chi connectivity index (χ0v) is 25.0. The van der Waals surface area contributed by atoms with Crippen molar-refractivity contribution in [3.05, 3.63) is 77.4 Å². The number of alkyl halides is 3. The molecule has 3 amide bonds. The van der Waals surface area contributed by atoms with Gasteiger partial charge < -0.3 is 10.4 Å². The molecule has 1 aliphatic rings. The molecule has 0 aromatic heterocycles. The second kappa shape index (κ2) is 13.2. The maximum absolute atomic E-state index is 13.1. The predicted molar refractivity (Wildman–Crippen MR) is 159 cm³/mol. The number of rotatable bonds is 13. The van der Waals surface area contributed by atoms with Crippen molar-refractivity contribution in [2.24, 2.45) is 5.92 Å². The third-order valence-electron chi connectivity index (χ3n) is 7.18. The fourth-order valence-corrected chi connectivity index (χ4v) is 5.46. The number of sulfonamides is 1. The van der Waals surface area contributed by atoms with Gasteiger partial charge in [-0.05, 0) is 59.4 Å². The number of aliphatic carboxylic acids is 1. The van der Waals surface area contributed by atoms with E-state index in [0.717, 1.165) is 27.8 Å². The van der Waals surface area contributed by atoms with E-state index >= 15 is 0 Å². The molecule has 0 fully saturated rings. The van der Waals surface area contributed by atoms with E-state index in [0.29, 0.717) is 5.56 Å². The van der Waals surface area contributed by atoms with Crippen LogP contribution in [0.5, 0.6) is 0 Å². The first-order valence-electron chi connectivity index (χ1n) is 13.9. The Balaban J connectivity index is 1.39. The Morgan fingerprint density at radius 3 is 1.96 bits per heavy atom. The van der Waals surface area contributed by atoms with E-state index in [1.807, 2.05) is 38.1 Å². The van der Waals surface area contributed by atoms with E-state index in [4.69, 9.17) is 0 Å². The zero-order chi connectivity index (χ0) is 33.1. The van der Waals surface area contributed by atoms with Gasteiger partial charge in [0.15, 0.2) is 0 Å². The molecule has 3 aromatic rings. The van der Waals surface area contributed by atoms with Crippen molar-refractivity contribution in [1.82, 2.24) is 15.5 Å². The number of nitrogens with zero attached hydrogens (tertiary/aromatic N) is 1. The van der Waals surface area contributed by atoms with Crippen LogP contribution in [0.4, 0.5) is 18.9 Å². The van der Waals surface area contributed by atoms with Crippen LogP contribution in [0.25, 0.3) is 10.8 Å². The summed E-state index contributed by atoms with van der Waals surface area (Å²) in [6.07, 6.45) is 0.0743. The summed E-state index contributed by atoms with van der Waals surface area (Å²) in [5.41, 5.74) is -4.89. The summed E-state index contributed by atoms with van der Waals surface area (Å²) in [7, 11) is -5.59. The highest BCUT2D eigenvalue weighted by Gasteiger charge is 2.46. The number of hydrogen-bond acceptors (Lipinski definition) is 7. The van der Waals surface area contributed by atoms with Crippen molar-refractivity contribution in [2.45, 2.75) is 50.8 Å². The van der Waals surface area contributed by atoms with Crippen LogP contribution >= 0.6 is 0 Å². The van der Waals surface area contributed by atoms with Crippen molar-refractivity contribution in [3.63, 3.8) is 0 Å². The number of nitrogens with one attached hydrogen (secondary N) is 3. The molecule has 0 unspecified atom stereocenters. The maximum atomic E-state index is 13.1. The van der Waals surface area contributed by atoms with E-state index in [-0.39, 0.29) is 48.7 Å². The summed E-state index contributed by atoms with van der Waals surface area (Å²) in [4.78, 5) is 52.4. The monoisotopic (exact) mass is 648 g/mol. The highest BCUT2D eigenvalue weighted by molar-refractivity contribution is 7.93. The molecule has 0 bridgehead atoms. The lowest BCUT2D eigenvalue weighted by molar-refractivity contribution is -0.140. The first-order chi connectivity index (χ1) is 21.1. The highest BCUT2D eigenvalue weighted by atomic mass is 32.2. The highest BCUT2D eigenvalue weighted by Crippen LogP contribution is 2.28. The number of carbonyl (C=O) groups is 4. The van der Waals surface area contributed by atoms with Gasteiger partial charge in [-0.15, -0.1) is 0 Å². The summed E-state index contributed by atoms with van der Waals surface area (Å²) in [6.45, 7) is 3.39. The Bertz CT molecular complexity index is 1670. The third kappa shape index (κ3) is 7.78. The second-order valence-electron chi connectivity index (χ2n) is 11.0. The lowest BCUT2D eigenvalue weighted by Gasteiger charge is -2.25. The number of hydrogen-bond donors (Lipinski definition) is 4. The lowest BCUT2D eigenvalue weighted by Crippen LogP contribution is -2.52. The molecule has 45 heavy (non-hydrogen) atoms. The molecule has 0 saturated heterocycles. The van der Waals surface area contributed by atoms with Crippen LogP contribution in [0.1, 0.15) is 53.0 Å². The zero-order valence-electron chi connectivity index (χ0n) is 24.2. The SMILES string of the molecule is CC(C)C[C@H](N[C@H](CCN1C(=O)c2cc3ccccc3cc2C1=O)C(=O)O)C(=O)NCc1ccc(NS(=O)(=O)C(F)(F)F)cc1. The molecule has 240 valence electrons. The largest absolute Gasteiger partial charge is 0.516 e. The number of carboxylic acid groups (broad SMARTS) is 1. The number of anilines is 1. The summed E-state index contributed by atoms with van der Waals surface area (Å²) in [5, 5.41) is 17.0. The molecule has 15 heteroatoms. The Kier molecular flexibility index (Phi) is 9.83. The first-order valence-corrected chi connectivity index (χ1v) is 15.4. The van der Waals surface area contributed by atoms with Gasteiger partial charge in [-0.3, -0.25) is 34.1 Å². The number of halogens is 3. The molecule has 1 aliphatic heterocycles. The lowest BCUT2D eigenvalue weighted by atomic mass is 10.0. The van der Waals surface area contributed by atoms with Gasteiger partial charge in [-0.1, -0.05) is 50.2 Å². The quantitative estimate of drug-likeness (QED) is 0.203. The molecular weight excluding hydrogens is 617 g/mol. The van der Waals surface area contributed by atoms with Crippen LogP contribution in [0, 0.1) is 5.92 Å². The predicted octanol–water partition coefficient (Wildman–Crippen LogP) is 3.86. The molecule has 0 saturated carbocycles. The number of benzene rings is 3. The van der Waals surface area contributed by atoms with E-state index in [1.165, 1.54) is 16.9 Å². The Morgan fingerprint density at radius 1 is 0.911 bits per heavy atom. The molecule has 1 heterocycles. The number of carbonyl (C=O) groups excluding carboxylic acids is 3. The van der Waals surface area contributed by atoms with Gasteiger partial charge in [0, 0.05) is 18.8 Å². The number of imide groups is 1. The molecule has 0 spiro atoms. The van der Waals surface area contributed by atoms with Gasteiger partial charge >= 0.3 is 21.5 Å². The maximum Gasteiger partial charge on any atom is 0.516 e. The van der Waals surface area contributed by atoms with Crippen LogP contribution in [-0.4, -0.2) is 66.3 Å². The summed E-state index contributed by atoms with van der Waals surface area (Å²) in [6, 6.07) is 13.1. The van der Waals surface area contributed by atoms with Gasteiger partial charge in [-0.25, -0.2) is 0 Å². The molecule has 4 N–H and O–H groups in total. The van der Waals surface area contributed by atoms with Crippen LogP contribution in [0.15, 0.2) is 60.7 Å². The molecule has 4 rings (SSSR count). The average Bonchev–Trinajstić information content (AvgIpc) is 3.19. The Labute approximate surface area is 256 Å². The minimum absolute atomic E-state index is 0.0333. The fraction of sp³-hybridized carbons (Fsp3) is 0.333. The van der Waals surface area contributed by atoms with Crippen molar-refractivity contribution in [1.29, 1.82) is 0 Å². The molecule has 11 nitrogen and oxygen atoms in total. The van der Waals surface area contributed by atoms with Crippen molar-refractivity contribution in [2.75, 3.05) is 11.3 Å². The van der Waals surface area contributed by atoms with Crippen molar-refractivity contribution < 1.29 is 45.9 Å². The smallest absolute Gasteiger partial charge is 0.480 e. The normalized spacial score (nSPS) is 14.8. The van der Waals surface area contributed by atoms with Crippen LogP contribution in [0.2, 0.25) is 0 Å². The minimum Gasteiger partial charge on any atom is -0.480 e. The van der Waals surface area contributed by atoms with Crippen molar-refractivity contribution >= 4 is 50.2 Å². The van der Waals surface area contributed by atoms with Gasteiger partial charge in [0.25, 0.3) is 11.8 Å². The number of fused-ring (bicyclic) bond motifs is 2. The van der Waals surface area contributed by atoms with E-state index in [2.05, 4.69) is 10.6 Å². The molecule has 2 atom stereocenters. The second-order valence-corrected chi connectivity index (χ2v) is 12.7. The molecular formula is C30H31F3N4O7S. The van der Waals surface area contributed by atoms with Gasteiger partial charge in [0.05, 0.1) is 17.2 Å². The number of carboxylic acids is 1. The van der Waals surface area contributed by atoms with Crippen LogP contribution in [0.3, 0.4) is 0 Å². The molecule has 0 radical (unpaired) electrons. The third-order valence-corrected chi connectivity index (χ3v) is 8.29. The standard InChI is InChI=1S/C30H31F3N4O7S/c1-17(2)13-25(26(38)34-16-18-7-9-21(10-8-18)36-45(43,44)30(31,32)33)35-24(29(41)42)11-12-37-27(39)22-14-19-5-3-4-6-20(19)15-23(22)28(37)40/h3-10,14-15,17,24-25,35-36H,11-13,16H2,1-2H3,(H,34,38)(H,41,42)/t24-,25+/m1/s1. The average molecular weight is 649 g/mol. The van der Waals surface area contributed by atoms with E-state index in [9.17, 15) is 45.9 Å². The summed E-state index contributed by atoms with van der Waals surface area (Å²) >= 11 is 0. The van der Waals surface area contributed by atoms with Crippen LogP contribution < -0.4 is 15.4 Å². The molecule has 0 aliphatic carbocycles. The Morgan fingerprint density at radius 2 is 1.47 bits per heavy atom. The summed E-state index contributed by atoms with van der Waals surface area (Å²) < 4.78 is 61.8. The van der Waals surface area contributed by atoms with Crippen LogP contribution in [-0.2, 0) is 26.2 Å². The van der Waals surface area contributed by atoms with Gasteiger partial charge in [0.1, 0.15) is 6.04 Å². The first kappa shape index (κ1) is 33.4. The topological polar surface area (TPSA) is 162 Å². The summed E-state index contributed by atoms with van der Waals surface area (Å²) in [5.74, 6) is -2.92. The van der Waals surface area contributed by atoms with E-state index in [1.54, 1.807) is 12.1 Å². The fourth-order valence-electron chi connectivity index (χ4n) is 4.90. The van der Waals surface area contributed by atoms with Gasteiger partial charge in [0.2, 0.25) is 5.91 Å². The van der Waals surface area contributed by atoms with Crippen molar-refractivity contribution in [3.8, 4) is 0 Å². The Hall–Kier alpha value is -4.50. The van der Waals surface area contributed by atoms with E-state index < -0.39 is 51.3 Å². The van der Waals surface area contributed by atoms with Gasteiger partial charge in [-0.2, -0.15) is 21.6 Å². The number of amides is 3. The molecule has 3 aromatic carbocycles. The minimum atomic E-state index is -5.59.